The highest BCUT2D eigenvalue weighted by Crippen LogP contribution is 2.26. The van der Waals surface area contributed by atoms with E-state index in [-0.39, 0.29) is 25.0 Å². The average molecular weight is 381 g/mol. The summed E-state index contributed by atoms with van der Waals surface area (Å²) in [4.78, 5) is 21.6. The molecular weight excluding hydrogens is 358 g/mol. The van der Waals surface area contributed by atoms with Crippen LogP contribution < -0.4 is 5.84 Å². The van der Waals surface area contributed by atoms with Gasteiger partial charge in [-0.3, -0.25) is 9.80 Å². The van der Waals surface area contributed by atoms with Gasteiger partial charge in [-0.2, -0.15) is 0 Å². The lowest BCUT2D eigenvalue weighted by molar-refractivity contribution is 0.0654. The number of hydrogen-bond acceptors (Lipinski definition) is 4. The van der Waals surface area contributed by atoms with Crippen molar-refractivity contribution in [1.29, 1.82) is 0 Å². The smallest absolute Gasteiger partial charge is 0.284 e. The number of H-pyrrole nitrogens is 1. The van der Waals surface area contributed by atoms with Crippen molar-refractivity contribution < 1.29 is 4.79 Å². The molecule has 3 rings (SSSR count). The first kappa shape index (κ1) is 19.6. The van der Waals surface area contributed by atoms with Gasteiger partial charge in [0.2, 0.25) is 0 Å². The molecule has 1 amide bonds. The molecule has 3 N–H and O–H groups in total. The molecule has 1 saturated carbocycles. The van der Waals surface area contributed by atoms with E-state index in [1.54, 1.807) is 6.07 Å². The van der Waals surface area contributed by atoms with Crippen molar-refractivity contribution in [3.8, 4) is 0 Å². The summed E-state index contributed by atoms with van der Waals surface area (Å²) in [5.74, 6) is 5.92. The third-order valence-electron chi connectivity index (χ3n) is 5.19. The predicted octanol–water partition coefficient (Wildman–Crippen LogP) is 4.83. The Balaban J connectivity index is 1.93. The number of rotatable bonds is 6. The minimum Gasteiger partial charge on any atom is -0.350 e. The number of nitrogens with zero attached hydrogens (tertiary/aromatic N) is 7. The lowest BCUT2D eigenvalue weighted by atomic mass is 10.1. The van der Waals surface area contributed by atoms with E-state index in [1.165, 1.54) is 17.9 Å². The summed E-state index contributed by atoms with van der Waals surface area (Å²) in [5, 5.41) is 9.35. The van der Waals surface area contributed by atoms with Gasteiger partial charge in [-0.05, 0) is 47.2 Å². The highest BCUT2D eigenvalue weighted by Gasteiger charge is 2.24. The van der Waals surface area contributed by atoms with Crippen LogP contribution in [-0.2, 0) is 13.1 Å². The van der Waals surface area contributed by atoms with Crippen molar-refractivity contribution in [3.63, 3.8) is 0 Å². The zero-order valence-corrected chi connectivity index (χ0v) is 15.6. The van der Waals surface area contributed by atoms with E-state index in [4.69, 9.17) is 16.9 Å². The Morgan fingerprint density at radius 2 is 1.79 bits per heavy atom. The van der Waals surface area contributed by atoms with E-state index in [1.807, 2.05) is 12.1 Å². The number of aromatic nitrogens is 1. The van der Waals surface area contributed by atoms with Gasteiger partial charge in [-0.15, -0.1) is 0 Å². The molecule has 2 aromatic rings. The molecule has 1 fully saturated rings. The summed E-state index contributed by atoms with van der Waals surface area (Å²) in [6.45, 7) is 0.306. The zero-order valence-electron chi connectivity index (χ0n) is 15.6. The molecule has 0 atom stereocenters. The Morgan fingerprint density at radius 1 is 1.11 bits per heavy atom. The number of carbonyl (C=O) groups is 1. The first-order valence-electron chi connectivity index (χ1n) is 9.38. The van der Waals surface area contributed by atoms with Crippen LogP contribution >= 0.6 is 0 Å². The van der Waals surface area contributed by atoms with E-state index in [9.17, 15) is 4.79 Å². The van der Waals surface area contributed by atoms with Crippen LogP contribution in [0.5, 0.6) is 0 Å². The van der Waals surface area contributed by atoms with Crippen molar-refractivity contribution in [2.45, 2.75) is 57.7 Å². The van der Waals surface area contributed by atoms with Gasteiger partial charge in [0.05, 0.1) is 13.1 Å². The maximum Gasteiger partial charge on any atom is 0.284 e. The van der Waals surface area contributed by atoms with Crippen LogP contribution in [-0.4, -0.2) is 21.9 Å². The minimum absolute atomic E-state index is 0.0459. The predicted molar refractivity (Wildman–Crippen MR) is 106 cm³/mol. The standard InChI is InChI=1S/C18H23N9O/c19-25-22-10-12-7-13(11-23-26-20)15-9-17(24-16(15)8-12)18(28)27(21)14-5-3-1-2-4-6-14/h7-9,14,24H,1-6,10-11,21H2. The Bertz CT molecular complexity index is 945. The number of nitrogens with two attached hydrogens (primary N) is 1. The number of hydrogen-bond donors (Lipinski definition) is 2. The summed E-state index contributed by atoms with van der Waals surface area (Å²) < 4.78 is 0. The van der Waals surface area contributed by atoms with E-state index >= 15 is 0 Å². The van der Waals surface area contributed by atoms with Gasteiger partial charge in [0, 0.05) is 26.8 Å². The SMILES string of the molecule is [N-]=[N+]=NCc1cc(CN=[N+]=[N-])c2cc(C(=O)N(N)C3CCCCCC3)[nH]c2c1. The molecule has 1 aromatic heterocycles. The van der Waals surface area contributed by atoms with Crippen molar-refractivity contribution in [1.82, 2.24) is 9.99 Å². The number of benzene rings is 1. The fourth-order valence-electron chi connectivity index (χ4n) is 3.78. The Labute approximate surface area is 161 Å². The fourth-order valence-corrected chi connectivity index (χ4v) is 3.78. The minimum atomic E-state index is -0.255. The van der Waals surface area contributed by atoms with Crippen molar-refractivity contribution in [3.05, 3.63) is 55.9 Å². The first-order valence-corrected chi connectivity index (χ1v) is 9.38. The van der Waals surface area contributed by atoms with Crippen molar-refractivity contribution >= 4 is 16.8 Å². The largest absolute Gasteiger partial charge is 0.350 e. The Hall–Kier alpha value is -3.19. The van der Waals surface area contributed by atoms with Gasteiger partial charge in [-0.25, -0.2) is 5.84 Å². The number of hydrazine groups is 1. The maximum absolute atomic E-state index is 12.9. The molecular formula is C18H23N9O. The topological polar surface area (TPSA) is 160 Å². The third kappa shape index (κ3) is 4.37. The Kier molecular flexibility index (Phi) is 6.39. The first-order chi connectivity index (χ1) is 13.6. The summed E-state index contributed by atoms with van der Waals surface area (Å²) in [6.07, 6.45) is 6.36. The van der Waals surface area contributed by atoms with E-state index < -0.39 is 0 Å². The molecule has 0 spiro atoms. The van der Waals surface area contributed by atoms with Crippen molar-refractivity contribution in [2.24, 2.45) is 16.1 Å². The molecule has 10 heteroatoms. The molecule has 1 heterocycles. The zero-order chi connectivity index (χ0) is 19.9. The second-order valence-corrected chi connectivity index (χ2v) is 7.03. The summed E-state index contributed by atoms with van der Waals surface area (Å²) >= 11 is 0. The van der Waals surface area contributed by atoms with Gasteiger partial charge in [0.15, 0.2) is 0 Å². The molecule has 0 saturated heterocycles. The molecule has 0 radical (unpaired) electrons. The molecule has 10 nitrogen and oxygen atoms in total. The highest BCUT2D eigenvalue weighted by molar-refractivity contribution is 5.99. The number of aromatic amines is 1. The quantitative estimate of drug-likeness (QED) is 0.140. The number of amides is 1. The number of azide groups is 2. The fraction of sp³-hybridized carbons (Fsp3) is 0.500. The Morgan fingerprint density at radius 3 is 2.46 bits per heavy atom. The molecule has 1 aliphatic carbocycles. The number of carbonyl (C=O) groups excluding carboxylic acids is 1. The summed E-state index contributed by atoms with van der Waals surface area (Å²) in [6, 6.07) is 5.43. The van der Waals surface area contributed by atoms with Gasteiger partial charge in [-0.1, -0.05) is 42.0 Å². The molecule has 0 aliphatic heterocycles. The van der Waals surface area contributed by atoms with Gasteiger partial charge >= 0.3 is 0 Å². The van der Waals surface area contributed by atoms with Crippen LogP contribution in [0.3, 0.4) is 0 Å². The van der Waals surface area contributed by atoms with E-state index in [0.717, 1.165) is 42.2 Å². The van der Waals surface area contributed by atoms with Crippen molar-refractivity contribution in [2.75, 3.05) is 0 Å². The second kappa shape index (κ2) is 9.14. The van der Waals surface area contributed by atoms with Crippen LogP contribution in [0, 0.1) is 0 Å². The highest BCUT2D eigenvalue weighted by atomic mass is 16.2. The lowest BCUT2D eigenvalue weighted by Gasteiger charge is -2.25. The molecule has 0 unspecified atom stereocenters. The van der Waals surface area contributed by atoms with Crippen LogP contribution in [0.25, 0.3) is 31.8 Å². The number of fused-ring (bicyclic) bond motifs is 1. The molecule has 1 aliphatic rings. The third-order valence-corrected chi connectivity index (χ3v) is 5.19. The van der Waals surface area contributed by atoms with Gasteiger partial charge in [0.25, 0.3) is 5.91 Å². The van der Waals surface area contributed by atoms with Crippen LogP contribution in [0.15, 0.2) is 28.4 Å². The van der Waals surface area contributed by atoms with Gasteiger partial charge < -0.3 is 4.98 Å². The molecule has 28 heavy (non-hydrogen) atoms. The van der Waals surface area contributed by atoms with Gasteiger partial charge in [0.1, 0.15) is 5.69 Å². The molecule has 0 bridgehead atoms. The average Bonchev–Trinajstić information content (AvgIpc) is 2.95. The summed E-state index contributed by atoms with van der Waals surface area (Å²) in [7, 11) is 0. The van der Waals surface area contributed by atoms with E-state index in [2.05, 4.69) is 25.0 Å². The lowest BCUT2D eigenvalue weighted by Crippen LogP contribution is -2.45. The maximum atomic E-state index is 12.9. The molecule has 1 aromatic carbocycles. The summed E-state index contributed by atoms with van der Waals surface area (Å²) in [5.41, 5.74) is 19.8. The van der Waals surface area contributed by atoms with Crippen LogP contribution in [0.4, 0.5) is 0 Å². The monoisotopic (exact) mass is 381 g/mol. The second-order valence-electron chi connectivity index (χ2n) is 7.03. The van der Waals surface area contributed by atoms with E-state index in [0.29, 0.717) is 11.2 Å². The van der Waals surface area contributed by atoms with Crippen LogP contribution in [0.2, 0.25) is 0 Å². The number of nitrogens with one attached hydrogen (secondary N) is 1. The molecule has 146 valence electrons. The van der Waals surface area contributed by atoms with Crippen LogP contribution in [0.1, 0.15) is 60.1 Å². The normalized spacial score (nSPS) is 14.8.